The van der Waals surface area contributed by atoms with Crippen LogP contribution in [0.3, 0.4) is 0 Å². The summed E-state index contributed by atoms with van der Waals surface area (Å²) in [6, 6.07) is 13.2. The van der Waals surface area contributed by atoms with Gasteiger partial charge in [-0.15, -0.1) is 0 Å². The Bertz CT molecular complexity index is 1180. The van der Waals surface area contributed by atoms with Crippen molar-refractivity contribution < 1.29 is 18.3 Å². The summed E-state index contributed by atoms with van der Waals surface area (Å²) in [5.41, 5.74) is -0.846. The van der Waals surface area contributed by atoms with E-state index in [-0.39, 0.29) is 5.56 Å². The Balaban J connectivity index is 1.91. The van der Waals surface area contributed by atoms with E-state index >= 15 is 0 Å². The van der Waals surface area contributed by atoms with E-state index in [1.807, 2.05) is 6.92 Å². The molecule has 30 heavy (non-hydrogen) atoms. The van der Waals surface area contributed by atoms with E-state index in [1.54, 1.807) is 54.6 Å². The van der Waals surface area contributed by atoms with Crippen molar-refractivity contribution in [1.82, 2.24) is 4.98 Å². The Hall–Kier alpha value is -3.06. The molecule has 0 saturated heterocycles. The van der Waals surface area contributed by atoms with Gasteiger partial charge in [0.05, 0.1) is 11.6 Å². The maximum absolute atomic E-state index is 14.2. The van der Waals surface area contributed by atoms with Crippen LogP contribution >= 0.6 is 0 Å². The largest absolute Gasteiger partial charge is 0.419 e. The number of aromatic nitrogens is 1. The molecule has 0 saturated carbocycles. The summed E-state index contributed by atoms with van der Waals surface area (Å²) in [4.78, 5) is 14.3. The molecule has 3 N–H and O–H groups in total. The second-order valence-electron chi connectivity index (χ2n) is 7.49. The number of alkyl halides is 3. The summed E-state index contributed by atoms with van der Waals surface area (Å²) in [6.07, 6.45) is -3.11. The van der Waals surface area contributed by atoms with Gasteiger partial charge in [0, 0.05) is 23.6 Å². The number of H-pyrrole nitrogens is 1. The van der Waals surface area contributed by atoms with E-state index in [4.69, 9.17) is 0 Å². The van der Waals surface area contributed by atoms with Crippen LogP contribution in [0.5, 0.6) is 0 Å². The molecule has 7 heteroatoms. The molecule has 0 radical (unpaired) electrons. The number of fused-ring (bicyclic) bond motifs is 2. The number of allylic oxidation sites excluding steroid dienone is 1. The van der Waals surface area contributed by atoms with Gasteiger partial charge in [-0.1, -0.05) is 43.3 Å². The Kier molecular flexibility index (Phi) is 4.94. The van der Waals surface area contributed by atoms with Gasteiger partial charge in [0.2, 0.25) is 5.56 Å². The molecular weight excluding hydrogens is 393 g/mol. The fourth-order valence-corrected chi connectivity index (χ4v) is 4.14. The summed E-state index contributed by atoms with van der Waals surface area (Å²) in [6.45, 7) is 1.85. The van der Waals surface area contributed by atoms with Crippen LogP contribution in [0.15, 0.2) is 65.5 Å². The number of rotatable bonds is 3. The number of pyridine rings is 1. The zero-order valence-corrected chi connectivity index (χ0v) is 16.3. The lowest BCUT2D eigenvalue weighted by Gasteiger charge is -2.44. The SMILES string of the molecule is CC/C=C1\CC(O)(C(F)(F)F)C(Nc2cccc3[nH]c(=O)ccc23)c2ccccc21. The molecule has 2 atom stereocenters. The second kappa shape index (κ2) is 7.32. The number of nitrogens with one attached hydrogen (secondary N) is 2. The lowest BCUT2D eigenvalue weighted by Crippen LogP contribution is -2.54. The predicted octanol–water partition coefficient (Wildman–Crippen LogP) is 5.17. The molecule has 2 unspecified atom stereocenters. The maximum Gasteiger partial charge on any atom is 0.419 e. The van der Waals surface area contributed by atoms with Crippen LogP contribution in [-0.2, 0) is 0 Å². The quantitative estimate of drug-likeness (QED) is 0.554. The van der Waals surface area contributed by atoms with Gasteiger partial charge >= 0.3 is 6.18 Å². The van der Waals surface area contributed by atoms with Crippen molar-refractivity contribution in [2.45, 2.75) is 37.6 Å². The van der Waals surface area contributed by atoms with Crippen molar-refractivity contribution in [3.8, 4) is 0 Å². The van der Waals surface area contributed by atoms with E-state index in [1.165, 1.54) is 6.07 Å². The van der Waals surface area contributed by atoms with Gasteiger partial charge in [0.15, 0.2) is 5.60 Å². The van der Waals surface area contributed by atoms with Gasteiger partial charge in [-0.05, 0) is 41.3 Å². The van der Waals surface area contributed by atoms with Crippen LogP contribution in [0.2, 0.25) is 0 Å². The van der Waals surface area contributed by atoms with Crippen LogP contribution in [0.4, 0.5) is 18.9 Å². The number of hydrogen-bond donors (Lipinski definition) is 3. The average Bonchev–Trinajstić information content (AvgIpc) is 2.70. The molecule has 0 bridgehead atoms. The number of aromatic amines is 1. The molecule has 156 valence electrons. The zero-order chi connectivity index (χ0) is 21.5. The standard InChI is InChI=1S/C23H21F3N2O2/c1-2-6-14-13-22(30,23(24,25)26)21(16-8-4-3-7-15(14)16)28-19-10-5-9-18-17(19)11-12-20(29)27-18/h3-12,21,28,30H,2,13H2,1H3,(H,27,29)/b14-6+. The van der Waals surface area contributed by atoms with Crippen molar-refractivity contribution in [2.24, 2.45) is 0 Å². The topological polar surface area (TPSA) is 65.1 Å². The molecule has 2 aromatic carbocycles. The number of hydrogen-bond acceptors (Lipinski definition) is 3. The number of anilines is 1. The predicted molar refractivity (Wildman–Crippen MR) is 111 cm³/mol. The van der Waals surface area contributed by atoms with Crippen molar-refractivity contribution in [3.63, 3.8) is 0 Å². The highest BCUT2D eigenvalue weighted by atomic mass is 19.4. The molecule has 4 nitrogen and oxygen atoms in total. The minimum Gasteiger partial charge on any atom is -0.378 e. The molecule has 1 heterocycles. The maximum atomic E-state index is 14.2. The first-order valence-corrected chi connectivity index (χ1v) is 9.70. The third-order valence-corrected chi connectivity index (χ3v) is 5.56. The molecule has 0 fully saturated rings. The smallest absolute Gasteiger partial charge is 0.378 e. The minimum atomic E-state index is -4.86. The summed E-state index contributed by atoms with van der Waals surface area (Å²) >= 11 is 0. The first-order valence-electron chi connectivity index (χ1n) is 9.70. The van der Waals surface area contributed by atoms with Crippen LogP contribution in [0.1, 0.15) is 36.9 Å². The van der Waals surface area contributed by atoms with Gasteiger partial charge in [-0.2, -0.15) is 13.2 Å². The van der Waals surface area contributed by atoms with Gasteiger partial charge in [0.25, 0.3) is 0 Å². The summed E-state index contributed by atoms with van der Waals surface area (Å²) in [5, 5.41) is 14.5. The van der Waals surface area contributed by atoms with E-state index < -0.39 is 24.2 Å². The van der Waals surface area contributed by atoms with Crippen LogP contribution in [0, 0.1) is 0 Å². The fraction of sp³-hybridized carbons (Fsp3) is 0.261. The first-order chi connectivity index (χ1) is 14.2. The van der Waals surface area contributed by atoms with Gasteiger partial charge < -0.3 is 15.4 Å². The van der Waals surface area contributed by atoms with Crippen molar-refractivity contribution in [3.05, 3.63) is 82.2 Å². The Morgan fingerprint density at radius 2 is 1.93 bits per heavy atom. The zero-order valence-electron chi connectivity index (χ0n) is 16.3. The van der Waals surface area contributed by atoms with Gasteiger partial charge in [-0.3, -0.25) is 4.79 Å². The van der Waals surface area contributed by atoms with E-state index in [0.29, 0.717) is 39.7 Å². The van der Waals surface area contributed by atoms with Gasteiger partial charge in [0.1, 0.15) is 0 Å². The fourth-order valence-electron chi connectivity index (χ4n) is 4.14. The normalized spacial score (nSPS) is 22.8. The van der Waals surface area contributed by atoms with Crippen molar-refractivity contribution in [1.29, 1.82) is 0 Å². The van der Waals surface area contributed by atoms with E-state index in [9.17, 15) is 23.1 Å². The van der Waals surface area contributed by atoms with Crippen molar-refractivity contribution >= 4 is 22.2 Å². The van der Waals surface area contributed by atoms with E-state index in [0.717, 1.165) is 0 Å². The highest BCUT2D eigenvalue weighted by Gasteiger charge is 2.61. The highest BCUT2D eigenvalue weighted by Crippen LogP contribution is 2.52. The third kappa shape index (κ3) is 3.29. The molecule has 0 spiro atoms. The number of halogens is 3. The third-order valence-electron chi connectivity index (χ3n) is 5.56. The lowest BCUT2D eigenvalue weighted by molar-refractivity contribution is -0.265. The molecule has 1 aliphatic rings. The first kappa shape index (κ1) is 20.2. The Morgan fingerprint density at radius 1 is 1.17 bits per heavy atom. The molecular formula is C23H21F3N2O2. The van der Waals surface area contributed by atoms with Crippen molar-refractivity contribution in [2.75, 3.05) is 5.32 Å². The Labute approximate surface area is 171 Å². The Morgan fingerprint density at radius 3 is 2.67 bits per heavy atom. The molecule has 4 rings (SSSR count). The number of benzene rings is 2. The van der Waals surface area contributed by atoms with Crippen LogP contribution in [0.25, 0.3) is 16.5 Å². The molecule has 3 aromatic rings. The highest BCUT2D eigenvalue weighted by molar-refractivity contribution is 5.91. The van der Waals surface area contributed by atoms with E-state index in [2.05, 4.69) is 10.3 Å². The van der Waals surface area contributed by atoms with Crippen LogP contribution < -0.4 is 10.9 Å². The molecule has 0 aliphatic heterocycles. The summed E-state index contributed by atoms with van der Waals surface area (Å²) in [5.74, 6) is 0. The van der Waals surface area contributed by atoms with Gasteiger partial charge in [-0.25, -0.2) is 0 Å². The summed E-state index contributed by atoms with van der Waals surface area (Å²) in [7, 11) is 0. The minimum absolute atomic E-state index is 0.302. The second-order valence-corrected chi connectivity index (χ2v) is 7.49. The average molecular weight is 414 g/mol. The lowest BCUT2D eigenvalue weighted by atomic mass is 9.72. The summed E-state index contributed by atoms with van der Waals surface area (Å²) < 4.78 is 42.6. The molecule has 0 amide bonds. The molecule has 1 aliphatic carbocycles. The monoisotopic (exact) mass is 414 g/mol. The molecule has 1 aromatic heterocycles. The van der Waals surface area contributed by atoms with Crippen LogP contribution in [-0.4, -0.2) is 21.9 Å². The number of aliphatic hydroxyl groups is 1.